The number of hydrogen-bond acceptors (Lipinski definition) is 5. The molecule has 120 valence electrons. The highest BCUT2D eigenvalue weighted by molar-refractivity contribution is 5.84. The molecule has 5 nitrogen and oxygen atoms in total. The van der Waals surface area contributed by atoms with Crippen LogP contribution in [0.25, 0.3) is 10.8 Å². The van der Waals surface area contributed by atoms with E-state index in [-0.39, 0.29) is 18.0 Å². The molecule has 0 spiro atoms. The summed E-state index contributed by atoms with van der Waals surface area (Å²) in [5, 5.41) is 5.44. The van der Waals surface area contributed by atoms with Crippen LogP contribution in [0.3, 0.4) is 0 Å². The second kappa shape index (κ2) is 6.38. The second-order valence-electron chi connectivity index (χ2n) is 5.69. The van der Waals surface area contributed by atoms with Crippen LogP contribution in [0, 0.1) is 5.92 Å². The maximum atomic E-state index is 12.1. The molecule has 0 bridgehead atoms. The van der Waals surface area contributed by atoms with Crippen molar-refractivity contribution in [2.24, 2.45) is 5.92 Å². The SMILES string of the molecule is COC(=O)[C@@H]1C[C@@H](C(=O)OC)[C@H](c2ccc3ccccc3c2)N1. The number of hydrogen-bond donors (Lipinski definition) is 1. The van der Waals surface area contributed by atoms with Gasteiger partial charge in [0.15, 0.2) is 0 Å². The Morgan fingerprint density at radius 2 is 1.70 bits per heavy atom. The lowest BCUT2D eigenvalue weighted by atomic mass is 9.92. The van der Waals surface area contributed by atoms with E-state index in [2.05, 4.69) is 5.32 Å². The van der Waals surface area contributed by atoms with Crippen LogP contribution >= 0.6 is 0 Å². The van der Waals surface area contributed by atoms with Crippen molar-refractivity contribution >= 4 is 22.7 Å². The highest BCUT2D eigenvalue weighted by Crippen LogP contribution is 2.35. The molecule has 1 heterocycles. The third-order valence-electron chi connectivity index (χ3n) is 4.40. The summed E-state index contributed by atoms with van der Waals surface area (Å²) in [6.45, 7) is 0. The third kappa shape index (κ3) is 2.92. The predicted molar refractivity (Wildman–Crippen MR) is 85.8 cm³/mol. The molecule has 3 atom stereocenters. The van der Waals surface area contributed by atoms with Crippen LogP contribution in [0.5, 0.6) is 0 Å². The average Bonchev–Trinajstić information content (AvgIpc) is 3.05. The molecule has 1 aliphatic heterocycles. The molecule has 3 rings (SSSR count). The fourth-order valence-electron chi connectivity index (χ4n) is 3.21. The molecule has 2 aromatic rings. The largest absolute Gasteiger partial charge is 0.469 e. The quantitative estimate of drug-likeness (QED) is 0.880. The first kappa shape index (κ1) is 15.5. The van der Waals surface area contributed by atoms with Crippen molar-refractivity contribution < 1.29 is 19.1 Å². The van der Waals surface area contributed by atoms with Gasteiger partial charge in [-0.15, -0.1) is 0 Å². The first-order chi connectivity index (χ1) is 11.1. The summed E-state index contributed by atoms with van der Waals surface area (Å²) in [6, 6.07) is 13.3. The van der Waals surface area contributed by atoms with Gasteiger partial charge in [-0.2, -0.15) is 0 Å². The zero-order chi connectivity index (χ0) is 16.4. The van der Waals surface area contributed by atoms with E-state index in [1.165, 1.54) is 14.2 Å². The van der Waals surface area contributed by atoms with E-state index in [4.69, 9.17) is 9.47 Å². The molecule has 5 heteroatoms. The monoisotopic (exact) mass is 313 g/mol. The van der Waals surface area contributed by atoms with Crippen molar-refractivity contribution in [2.75, 3.05) is 14.2 Å². The maximum absolute atomic E-state index is 12.1. The Morgan fingerprint density at radius 1 is 1.00 bits per heavy atom. The number of benzene rings is 2. The minimum atomic E-state index is -0.499. The van der Waals surface area contributed by atoms with Crippen LogP contribution in [0.2, 0.25) is 0 Å². The summed E-state index contributed by atoms with van der Waals surface area (Å²) < 4.78 is 9.70. The average molecular weight is 313 g/mol. The molecule has 0 unspecified atom stereocenters. The van der Waals surface area contributed by atoms with E-state index in [0.717, 1.165) is 16.3 Å². The number of nitrogens with one attached hydrogen (secondary N) is 1. The van der Waals surface area contributed by atoms with Gasteiger partial charge in [-0.1, -0.05) is 36.4 Å². The van der Waals surface area contributed by atoms with Gasteiger partial charge < -0.3 is 9.47 Å². The maximum Gasteiger partial charge on any atom is 0.322 e. The second-order valence-corrected chi connectivity index (χ2v) is 5.69. The first-order valence-corrected chi connectivity index (χ1v) is 7.54. The first-order valence-electron chi connectivity index (χ1n) is 7.54. The van der Waals surface area contributed by atoms with Gasteiger partial charge in [0.2, 0.25) is 0 Å². The number of carbonyl (C=O) groups is 2. The van der Waals surface area contributed by atoms with Crippen LogP contribution < -0.4 is 5.32 Å². The van der Waals surface area contributed by atoms with Crippen molar-refractivity contribution in [3.8, 4) is 0 Å². The van der Waals surface area contributed by atoms with Crippen LogP contribution in [-0.2, 0) is 19.1 Å². The molecule has 1 aliphatic rings. The lowest BCUT2D eigenvalue weighted by molar-refractivity contribution is -0.146. The van der Waals surface area contributed by atoms with Crippen LogP contribution in [0.1, 0.15) is 18.0 Å². The van der Waals surface area contributed by atoms with Gasteiger partial charge in [0.05, 0.1) is 20.1 Å². The van der Waals surface area contributed by atoms with E-state index < -0.39 is 12.0 Å². The lowest BCUT2D eigenvalue weighted by Crippen LogP contribution is -2.33. The van der Waals surface area contributed by atoms with Crippen molar-refractivity contribution in [3.63, 3.8) is 0 Å². The Morgan fingerprint density at radius 3 is 2.39 bits per heavy atom. The molecule has 0 saturated carbocycles. The Labute approximate surface area is 134 Å². The van der Waals surface area contributed by atoms with Crippen molar-refractivity contribution in [3.05, 3.63) is 48.0 Å². The zero-order valence-electron chi connectivity index (χ0n) is 13.1. The van der Waals surface area contributed by atoms with Gasteiger partial charge in [-0.25, -0.2) is 0 Å². The number of fused-ring (bicyclic) bond motifs is 1. The summed E-state index contributed by atoms with van der Waals surface area (Å²) >= 11 is 0. The molecule has 0 aliphatic carbocycles. The molecule has 1 fully saturated rings. The fourth-order valence-corrected chi connectivity index (χ4v) is 3.21. The van der Waals surface area contributed by atoms with E-state index in [1.54, 1.807) is 0 Å². The van der Waals surface area contributed by atoms with Gasteiger partial charge >= 0.3 is 11.9 Å². The summed E-state index contributed by atoms with van der Waals surface area (Å²) in [5.74, 6) is -1.09. The van der Waals surface area contributed by atoms with Crippen molar-refractivity contribution in [2.45, 2.75) is 18.5 Å². The number of methoxy groups -OCH3 is 2. The number of carbonyl (C=O) groups excluding carboxylic acids is 2. The highest BCUT2D eigenvalue weighted by Gasteiger charge is 2.43. The summed E-state index contributed by atoms with van der Waals surface area (Å²) in [5.41, 5.74) is 0.963. The number of ether oxygens (including phenoxy) is 2. The van der Waals surface area contributed by atoms with Crippen LogP contribution in [0.4, 0.5) is 0 Å². The van der Waals surface area contributed by atoms with E-state index in [9.17, 15) is 9.59 Å². The summed E-state index contributed by atoms with van der Waals surface area (Å²) in [4.78, 5) is 23.9. The predicted octanol–water partition coefficient (Wildman–Crippen LogP) is 2.20. The summed E-state index contributed by atoms with van der Waals surface area (Å²) in [7, 11) is 2.71. The smallest absolute Gasteiger partial charge is 0.322 e. The van der Waals surface area contributed by atoms with Crippen molar-refractivity contribution in [1.82, 2.24) is 5.32 Å². The van der Waals surface area contributed by atoms with Gasteiger partial charge in [-0.05, 0) is 28.8 Å². The molecule has 1 saturated heterocycles. The van der Waals surface area contributed by atoms with E-state index in [1.807, 2.05) is 42.5 Å². The molecule has 23 heavy (non-hydrogen) atoms. The highest BCUT2D eigenvalue weighted by atomic mass is 16.5. The number of esters is 2. The Kier molecular flexibility index (Phi) is 4.30. The third-order valence-corrected chi connectivity index (χ3v) is 4.40. The Hall–Kier alpha value is -2.40. The zero-order valence-corrected chi connectivity index (χ0v) is 13.1. The van der Waals surface area contributed by atoms with Crippen LogP contribution in [-0.4, -0.2) is 32.2 Å². The standard InChI is InChI=1S/C18H19NO4/c1-22-17(20)14-10-15(18(21)23-2)19-16(14)13-8-7-11-5-3-4-6-12(11)9-13/h3-9,14-16,19H,10H2,1-2H3/t14-,15+,16+/m1/s1. The Bertz CT molecular complexity index is 743. The molecular weight excluding hydrogens is 294 g/mol. The summed E-state index contributed by atoms with van der Waals surface area (Å²) in [6.07, 6.45) is 0.372. The molecule has 1 N–H and O–H groups in total. The minimum Gasteiger partial charge on any atom is -0.469 e. The number of rotatable bonds is 3. The minimum absolute atomic E-state index is 0.267. The van der Waals surface area contributed by atoms with Crippen LogP contribution in [0.15, 0.2) is 42.5 Å². The molecule has 0 radical (unpaired) electrons. The topological polar surface area (TPSA) is 64.6 Å². The van der Waals surface area contributed by atoms with Crippen molar-refractivity contribution in [1.29, 1.82) is 0 Å². The van der Waals surface area contributed by atoms with Gasteiger partial charge in [0, 0.05) is 6.04 Å². The molecular formula is C18H19NO4. The van der Waals surface area contributed by atoms with E-state index >= 15 is 0 Å². The van der Waals surface area contributed by atoms with Gasteiger partial charge in [0.25, 0.3) is 0 Å². The lowest BCUT2D eigenvalue weighted by Gasteiger charge is -2.18. The molecule has 0 amide bonds. The fraction of sp³-hybridized carbons (Fsp3) is 0.333. The Balaban J connectivity index is 1.96. The normalized spacial score (nSPS) is 23.7. The molecule has 0 aromatic heterocycles. The van der Waals surface area contributed by atoms with Gasteiger partial charge in [0.1, 0.15) is 6.04 Å². The van der Waals surface area contributed by atoms with E-state index in [0.29, 0.717) is 6.42 Å². The van der Waals surface area contributed by atoms with Gasteiger partial charge in [-0.3, -0.25) is 14.9 Å². The molecule has 2 aromatic carbocycles.